The summed E-state index contributed by atoms with van der Waals surface area (Å²) in [6, 6.07) is 17.3. The van der Waals surface area contributed by atoms with Crippen LogP contribution in [0.5, 0.6) is 5.75 Å². The quantitative estimate of drug-likeness (QED) is 0.273. The van der Waals surface area contributed by atoms with Gasteiger partial charge >= 0.3 is 0 Å². The third kappa shape index (κ3) is 2.62. The predicted octanol–water partition coefficient (Wildman–Crippen LogP) is 6.38. The zero-order chi connectivity index (χ0) is 24.0. The Kier molecular flexibility index (Phi) is 3.73. The molecule has 4 heterocycles. The number of nitrogens with one attached hydrogen (secondary N) is 2. The maximum absolute atomic E-state index is 6.18. The Labute approximate surface area is 205 Å². The highest BCUT2D eigenvalue weighted by Crippen LogP contribution is 2.42. The molecular formula is C29H20N6O. The molecule has 36 heavy (non-hydrogen) atoms. The van der Waals surface area contributed by atoms with Crippen molar-refractivity contribution in [3.63, 3.8) is 0 Å². The second-order valence-corrected chi connectivity index (χ2v) is 9.41. The van der Waals surface area contributed by atoms with E-state index in [0.717, 1.165) is 89.0 Å². The van der Waals surface area contributed by atoms with Crippen LogP contribution >= 0.6 is 0 Å². The molecule has 0 saturated heterocycles. The lowest BCUT2D eigenvalue weighted by Crippen LogP contribution is -2.05. The maximum atomic E-state index is 6.18. The van der Waals surface area contributed by atoms with E-state index < -0.39 is 0 Å². The van der Waals surface area contributed by atoms with Gasteiger partial charge in [0, 0.05) is 27.9 Å². The number of fused-ring (bicyclic) bond motifs is 11. The van der Waals surface area contributed by atoms with Gasteiger partial charge in [-0.25, -0.2) is 19.9 Å². The van der Waals surface area contributed by atoms with E-state index in [0.29, 0.717) is 6.61 Å². The predicted molar refractivity (Wildman–Crippen MR) is 141 cm³/mol. The summed E-state index contributed by atoms with van der Waals surface area (Å²) in [4.78, 5) is 25.0. The van der Waals surface area contributed by atoms with Gasteiger partial charge in [0.05, 0.1) is 27.9 Å². The lowest BCUT2D eigenvalue weighted by atomic mass is 9.95. The molecule has 7 nitrogen and oxygen atoms in total. The Bertz CT molecular complexity index is 2030. The van der Waals surface area contributed by atoms with Crippen LogP contribution in [-0.4, -0.2) is 29.9 Å². The summed E-state index contributed by atoms with van der Waals surface area (Å²) in [6.07, 6.45) is 3.48. The number of ether oxygens (including phenoxy) is 1. The molecule has 7 heteroatoms. The van der Waals surface area contributed by atoms with Crippen LogP contribution < -0.4 is 4.74 Å². The Morgan fingerprint density at radius 3 is 2.53 bits per heavy atom. The molecule has 0 saturated carbocycles. The van der Waals surface area contributed by atoms with Crippen molar-refractivity contribution in [3.8, 4) is 28.1 Å². The number of aryl methyl sites for hydroxylation is 2. The fourth-order valence-corrected chi connectivity index (χ4v) is 5.57. The summed E-state index contributed by atoms with van der Waals surface area (Å²) in [5.41, 5.74) is 8.11. The van der Waals surface area contributed by atoms with Crippen LogP contribution in [0.1, 0.15) is 17.3 Å². The Hall–Kier alpha value is -4.78. The highest BCUT2D eigenvalue weighted by atomic mass is 16.5. The largest absolute Gasteiger partial charge is 0.486 e. The first-order valence-electron chi connectivity index (χ1n) is 11.9. The lowest BCUT2D eigenvalue weighted by Gasteiger charge is -2.19. The van der Waals surface area contributed by atoms with E-state index >= 15 is 0 Å². The molecule has 7 aromatic rings. The molecule has 0 atom stereocenters. The smallest absolute Gasteiger partial charge is 0.137 e. The minimum Gasteiger partial charge on any atom is -0.486 e. The van der Waals surface area contributed by atoms with Crippen LogP contribution in [0.2, 0.25) is 0 Å². The first-order valence-corrected chi connectivity index (χ1v) is 11.9. The summed E-state index contributed by atoms with van der Waals surface area (Å²) in [5.74, 6) is 2.68. The van der Waals surface area contributed by atoms with Crippen LogP contribution in [0.4, 0.5) is 0 Å². The Morgan fingerprint density at radius 1 is 0.778 bits per heavy atom. The standard InChI is InChI=1S/C29H20N6O/c1-14-32-24-12-36-29-19-6-3-16(9-18(19)5-8-21(29)25(24)33-14)17-4-7-20-22(10-17)23-11-30-13-31-26(23)28-27(20)34-15(2)35-28/h3-11,13H,12H2,1-2H3,(H,32,33)(H,34,35). The van der Waals surface area contributed by atoms with E-state index in [1.54, 1.807) is 6.33 Å². The molecule has 0 spiro atoms. The third-order valence-electron chi connectivity index (χ3n) is 7.15. The number of H-pyrrole nitrogens is 2. The van der Waals surface area contributed by atoms with E-state index in [-0.39, 0.29) is 0 Å². The molecule has 172 valence electrons. The SMILES string of the molecule is Cc1nc2c([nH]1)COc1c-2ccc2cc(-c3ccc4c(c3)c3cncnc3c3[nH]c(C)nc43)ccc12. The average Bonchev–Trinajstić information content (AvgIpc) is 3.49. The summed E-state index contributed by atoms with van der Waals surface area (Å²) in [6.45, 7) is 4.45. The van der Waals surface area contributed by atoms with Crippen LogP contribution in [0.3, 0.4) is 0 Å². The monoisotopic (exact) mass is 468 g/mol. The van der Waals surface area contributed by atoms with Crippen molar-refractivity contribution in [3.05, 3.63) is 78.4 Å². The maximum Gasteiger partial charge on any atom is 0.137 e. The second kappa shape index (κ2) is 6.88. The van der Waals surface area contributed by atoms with Crippen LogP contribution in [0, 0.1) is 13.8 Å². The van der Waals surface area contributed by atoms with Gasteiger partial charge in [0.2, 0.25) is 0 Å². The minimum atomic E-state index is 0.505. The number of rotatable bonds is 1. The summed E-state index contributed by atoms with van der Waals surface area (Å²) >= 11 is 0. The summed E-state index contributed by atoms with van der Waals surface area (Å²) in [7, 11) is 0. The third-order valence-corrected chi connectivity index (χ3v) is 7.15. The molecule has 1 aliphatic rings. The van der Waals surface area contributed by atoms with Gasteiger partial charge in [0.25, 0.3) is 0 Å². The Morgan fingerprint density at radius 2 is 1.61 bits per heavy atom. The lowest BCUT2D eigenvalue weighted by molar-refractivity contribution is 0.301. The van der Waals surface area contributed by atoms with E-state index in [1.165, 1.54) is 0 Å². The molecule has 0 amide bonds. The van der Waals surface area contributed by atoms with Gasteiger partial charge in [-0.3, -0.25) is 0 Å². The molecule has 0 unspecified atom stereocenters. The summed E-state index contributed by atoms with van der Waals surface area (Å²) in [5, 5.41) is 5.43. The molecule has 3 aromatic heterocycles. The van der Waals surface area contributed by atoms with Gasteiger partial charge in [-0.15, -0.1) is 0 Å². The van der Waals surface area contributed by atoms with Gasteiger partial charge in [-0.2, -0.15) is 0 Å². The van der Waals surface area contributed by atoms with Gasteiger partial charge in [0.15, 0.2) is 0 Å². The molecule has 0 radical (unpaired) electrons. The first kappa shape index (κ1) is 19.5. The van der Waals surface area contributed by atoms with Crippen molar-refractivity contribution in [2.75, 3.05) is 0 Å². The van der Waals surface area contributed by atoms with Gasteiger partial charge < -0.3 is 14.7 Å². The van der Waals surface area contributed by atoms with Crippen molar-refractivity contribution in [1.29, 1.82) is 0 Å². The van der Waals surface area contributed by atoms with Crippen molar-refractivity contribution >= 4 is 43.5 Å². The molecule has 4 aromatic carbocycles. The molecule has 1 aliphatic heterocycles. The minimum absolute atomic E-state index is 0.505. The highest BCUT2D eigenvalue weighted by molar-refractivity contribution is 6.22. The Balaban J connectivity index is 1.32. The second-order valence-electron chi connectivity index (χ2n) is 9.41. The zero-order valence-electron chi connectivity index (χ0n) is 19.7. The first-order chi connectivity index (χ1) is 17.6. The van der Waals surface area contributed by atoms with Gasteiger partial charge in [0.1, 0.15) is 30.3 Å². The fraction of sp³-hybridized carbons (Fsp3) is 0.103. The number of nitrogens with zero attached hydrogens (tertiary/aromatic N) is 4. The van der Waals surface area contributed by atoms with Crippen molar-refractivity contribution in [2.24, 2.45) is 0 Å². The van der Waals surface area contributed by atoms with Crippen molar-refractivity contribution in [2.45, 2.75) is 20.5 Å². The van der Waals surface area contributed by atoms with E-state index in [1.807, 2.05) is 20.0 Å². The van der Waals surface area contributed by atoms with Crippen LogP contribution in [0.15, 0.2) is 61.1 Å². The van der Waals surface area contributed by atoms with Crippen LogP contribution in [0.25, 0.3) is 65.9 Å². The van der Waals surface area contributed by atoms with Gasteiger partial charge in [-0.1, -0.05) is 30.3 Å². The van der Waals surface area contributed by atoms with E-state index in [4.69, 9.17) is 9.72 Å². The normalized spacial score (nSPS) is 12.8. The average molecular weight is 469 g/mol. The molecule has 8 rings (SSSR count). The number of benzene rings is 4. The number of aromatic nitrogens is 6. The van der Waals surface area contributed by atoms with E-state index in [2.05, 4.69) is 73.5 Å². The van der Waals surface area contributed by atoms with E-state index in [9.17, 15) is 0 Å². The molecule has 0 aliphatic carbocycles. The van der Waals surface area contributed by atoms with Crippen LogP contribution in [-0.2, 0) is 6.61 Å². The van der Waals surface area contributed by atoms with Crippen molar-refractivity contribution < 1.29 is 4.74 Å². The fourth-order valence-electron chi connectivity index (χ4n) is 5.57. The van der Waals surface area contributed by atoms with Crippen molar-refractivity contribution in [1.82, 2.24) is 29.9 Å². The molecule has 0 fully saturated rings. The number of hydrogen-bond donors (Lipinski definition) is 2. The number of aromatic amines is 2. The topological polar surface area (TPSA) is 92.4 Å². The summed E-state index contributed by atoms with van der Waals surface area (Å²) < 4.78 is 6.18. The highest BCUT2D eigenvalue weighted by Gasteiger charge is 2.23. The van der Waals surface area contributed by atoms with Gasteiger partial charge in [-0.05, 0) is 53.9 Å². The molecular weight excluding hydrogens is 448 g/mol. The molecule has 2 N–H and O–H groups in total. The number of imidazole rings is 2. The zero-order valence-corrected chi connectivity index (χ0v) is 19.7. The number of hydrogen-bond acceptors (Lipinski definition) is 5. The molecule has 0 bridgehead atoms.